The monoisotopic (exact) mass is 335 g/mol. The van der Waals surface area contributed by atoms with Gasteiger partial charge in [-0.3, -0.25) is 0 Å². The van der Waals surface area contributed by atoms with E-state index in [0.717, 1.165) is 19.4 Å². The minimum atomic E-state index is -0.208. The van der Waals surface area contributed by atoms with Crippen LogP contribution in [0.2, 0.25) is 5.02 Å². The third kappa shape index (κ3) is 3.94. The van der Waals surface area contributed by atoms with E-state index in [1.165, 1.54) is 6.07 Å². The van der Waals surface area contributed by atoms with E-state index in [1.807, 2.05) is 0 Å². The highest BCUT2D eigenvalue weighted by Gasteiger charge is 2.21. The van der Waals surface area contributed by atoms with Crippen LogP contribution >= 0.6 is 27.5 Å². The maximum Gasteiger partial charge on any atom is 0.129 e. The molecule has 1 N–H and O–H groups in total. The number of hydrogen-bond acceptors (Lipinski definition) is 1. The van der Waals surface area contributed by atoms with Gasteiger partial charge in [-0.15, -0.1) is 0 Å². The molecule has 1 aromatic carbocycles. The van der Waals surface area contributed by atoms with E-state index in [0.29, 0.717) is 21.0 Å². The van der Waals surface area contributed by atoms with Crippen LogP contribution < -0.4 is 5.32 Å². The first kappa shape index (κ1) is 15.9. The number of rotatable bonds is 6. The molecule has 0 aliphatic rings. The van der Waals surface area contributed by atoms with Crippen LogP contribution in [0.15, 0.2) is 16.6 Å². The second-order valence-electron chi connectivity index (χ2n) is 4.61. The molecule has 1 rings (SSSR count). The second-order valence-corrected chi connectivity index (χ2v) is 5.87. The molecule has 0 saturated carbocycles. The van der Waals surface area contributed by atoms with Crippen molar-refractivity contribution in [2.75, 3.05) is 6.54 Å². The van der Waals surface area contributed by atoms with Crippen LogP contribution in [0.4, 0.5) is 4.39 Å². The van der Waals surface area contributed by atoms with E-state index in [2.05, 4.69) is 42.0 Å². The van der Waals surface area contributed by atoms with Crippen molar-refractivity contribution in [3.05, 3.63) is 33.0 Å². The Balaban J connectivity index is 3.07. The zero-order chi connectivity index (χ0) is 13.7. The molecule has 2 unspecified atom stereocenters. The normalized spacial score (nSPS) is 14.6. The molecule has 0 radical (unpaired) electrons. The van der Waals surface area contributed by atoms with Crippen LogP contribution in [0.5, 0.6) is 0 Å². The van der Waals surface area contributed by atoms with E-state index in [9.17, 15) is 4.39 Å². The van der Waals surface area contributed by atoms with Gasteiger partial charge in [-0.25, -0.2) is 4.39 Å². The fourth-order valence-corrected chi connectivity index (χ4v) is 2.42. The number of halogens is 3. The predicted molar refractivity (Wildman–Crippen MR) is 79.6 cm³/mol. The standard InChI is InChI=1S/C14H20BrClFN/c1-4-6-18-14(9(3)5-2)10-7-12(16)11(15)8-13(10)17/h7-9,14,18H,4-6H2,1-3H3. The van der Waals surface area contributed by atoms with Gasteiger partial charge >= 0.3 is 0 Å². The molecule has 0 amide bonds. The lowest BCUT2D eigenvalue weighted by Crippen LogP contribution is -2.28. The lowest BCUT2D eigenvalue weighted by molar-refractivity contribution is 0.366. The third-order valence-electron chi connectivity index (χ3n) is 3.20. The van der Waals surface area contributed by atoms with E-state index >= 15 is 0 Å². The van der Waals surface area contributed by atoms with Crippen LogP contribution in [-0.2, 0) is 0 Å². The molecule has 0 aromatic heterocycles. The van der Waals surface area contributed by atoms with Gasteiger partial charge in [-0.1, -0.05) is 38.8 Å². The molecule has 4 heteroatoms. The second kappa shape index (κ2) is 7.46. The Bertz CT molecular complexity index is 398. The molecular weight excluding hydrogens is 317 g/mol. The van der Waals surface area contributed by atoms with Crippen molar-refractivity contribution >= 4 is 27.5 Å². The Hall–Kier alpha value is -0.120. The quantitative estimate of drug-likeness (QED) is 0.692. The number of hydrogen-bond donors (Lipinski definition) is 1. The highest BCUT2D eigenvalue weighted by Crippen LogP contribution is 2.32. The van der Waals surface area contributed by atoms with Gasteiger partial charge in [0, 0.05) is 16.1 Å². The maximum absolute atomic E-state index is 14.1. The molecule has 1 aromatic rings. The van der Waals surface area contributed by atoms with Gasteiger partial charge in [0.25, 0.3) is 0 Å². The molecule has 1 nitrogen and oxygen atoms in total. The van der Waals surface area contributed by atoms with Crippen LogP contribution in [0.3, 0.4) is 0 Å². The molecule has 0 fully saturated rings. The van der Waals surface area contributed by atoms with E-state index in [1.54, 1.807) is 6.07 Å². The summed E-state index contributed by atoms with van der Waals surface area (Å²) in [7, 11) is 0. The summed E-state index contributed by atoms with van der Waals surface area (Å²) in [5.74, 6) is 0.156. The van der Waals surface area contributed by atoms with Gasteiger partial charge in [0.1, 0.15) is 5.82 Å². The zero-order valence-electron chi connectivity index (χ0n) is 11.1. The highest BCUT2D eigenvalue weighted by atomic mass is 79.9. The van der Waals surface area contributed by atoms with Crippen LogP contribution in [-0.4, -0.2) is 6.54 Å². The van der Waals surface area contributed by atoms with E-state index < -0.39 is 0 Å². The average molecular weight is 337 g/mol. The number of nitrogens with one attached hydrogen (secondary N) is 1. The summed E-state index contributed by atoms with van der Waals surface area (Å²) in [6.45, 7) is 7.22. The first-order chi connectivity index (χ1) is 8.51. The molecule has 0 spiro atoms. The van der Waals surface area contributed by atoms with Gasteiger partial charge in [0.2, 0.25) is 0 Å². The summed E-state index contributed by atoms with van der Waals surface area (Å²) in [5, 5.41) is 3.96. The molecular formula is C14H20BrClFN. The minimum Gasteiger partial charge on any atom is -0.310 e. The largest absolute Gasteiger partial charge is 0.310 e. The van der Waals surface area contributed by atoms with E-state index in [4.69, 9.17) is 11.6 Å². The van der Waals surface area contributed by atoms with Crippen LogP contribution in [0, 0.1) is 11.7 Å². The van der Waals surface area contributed by atoms with Crippen molar-refractivity contribution in [2.24, 2.45) is 5.92 Å². The summed E-state index contributed by atoms with van der Waals surface area (Å²) < 4.78 is 14.7. The van der Waals surface area contributed by atoms with Gasteiger partial charge in [-0.2, -0.15) is 0 Å². The number of benzene rings is 1. The van der Waals surface area contributed by atoms with Crippen molar-refractivity contribution in [3.63, 3.8) is 0 Å². The first-order valence-electron chi connectivity index (χ1n) is 6.39. The van der Waals surface area contributed by atoms with Crippen molar-refractivity contribution in [3.8, 4) is 0 Å². The van der Waals surface area contributed by atoms with Crippen LogP contribution in [0.1, 0.15) is 45.2 Å². The molecule has 18 heavy (non-hydrogen) atoms. The molecule has 0 aliphatic heterocycles. The summed E-state index contributed by atoms with van der Waals surface area (Å²) in [5.41, 5.74) is 0.658. The summed E-state index contributed by atoms with van der Waals surface area (Å²) in [6, 6.07) is 3.18. The van der Waals surface area contributed by atoms with E-state index in [-0.39, 0.29) is 11.9 Å². The molecule has 0 aliphatic carbocycles. The molecule has 0 bridgehead atoms. The smallest absolute Gasteiger partial charge is 0.129 e. The molecule has 0 saturated heterocycles. The Morgan fingerprint density at radius 2 is 2.06 bits per heavy atom. The average Bonchev–Trinajstić information content (AvgIpc) is 2.35. The van der Waals surface area contributed by atoms with Crippen molar-refractivity contribution < 1.29 is 4.39 Å². The Labute approximate surface area is 122 Å². The predicted octanol–water partition coefficient (Wildman–Crippen LogP) is 5.33. The van der Waals surface area contributed by atoms with Gasteiger partial charge in [0.15, 0.2) is 0 Å². The summed E-state index contributed by atoms with van der Waals surface area (Å²) in [4.78, 5) is 0. The Kier molecular flexibility index (Phi) is 6.61. The summed E-state index contributed by atoms with van der Waals surface area (Å²) >= 11 is 9.31. The van der Waals surface area contributed by atoms with Gasteiger partial charge < -0.3 is 5.32 Å². The lowest BCUT2D eigenvalue weighted by atomic mass is 9.92. The van der Waals surface area contributed by atoms with Gasteiger partial charge in [-0.05, 0) is 46.9 Å². The molecule has 0 heterocycles. The fourth-order valence-electron chi connectivity index (χ4n) is 1.93. The SMILES string of the molecule is CCCNC(c1cc(Cl)c(Br)cc1F)C(C)CC. The van der Waals surface area contributed by atoms with Crippen molar-refractivity contribution in [1.29, 1.82) is 0 Å². The van der Waals surface area contributed by atoms with Crippen molar-refractivity contribution in [1.82, 2.24) is 5.32 Å². The Morgan fingerprint density at radius 3 is 2.61 bits per heavy atom. The molecule has 2 atom stereocenters. The lowest BCUT2D eigenvalue weighted by Gasteiger charge is -2.25. The maximum atomic E-state index is 14.1. The third-order valence-corrected chi connectivity index (χ3v) is 4.40. The Morgan fingerprint density at radius 1 is 1.39 bits per heavy atom. The van der Waals surface area contributed by atoms with Crippen LogP contribution in [0.25, 0.3) is 0 Å². The summed E-state index contributed by atoms with van der Waals surface area (Å²) in [6.07, 6.45) is 2.02. The molecule has 102 valence electrons. The topological polar surface area (TPSA) is 12.0 Å². The van der Waals surface area contributed by atoms with Gasteiger partial charge in [0.05, 0.1) is 5.02 Å². The zero-order valence-corrected chi connectivity index (χ0v) is 13.4. The fraction of sp³-hybridized carbons (Fsp3) is 0.571. The highest BCUT2D eigenvalue weighted by molar-refractivity contribution is 9.10. The first-order valence-corrected chi connectivity index (χ1v) is 7.56. The van der Waals surface area contributed by atoms with Crippen molar-refractivity contribution in [2.45, 2.75) is 39.7 Å². The minimum absolute atomic E-state index is 0.0144.